The molecule has 0 saturated carbocycles. The first-order valence-corrected chi connectivity index (χ1v) is 5.75. The zero-order chi connectivity index (χ0) is 10.4. The molecule has 0 radical (unpaired) electrons. The number of benzene rings is 1. The van der Waals surface area contributed by atoms with E-state index >= 15 is 0 Å². The number of ether oxygens (including phenoxy) is 1. The Bertz CT molecular complexity index is 312. The Kier molecular flexibility index (Phi) is 5.30. The maximum absolute atomic E-state index is 5.47. The molecule has 1 aromatic rings. The summed E-state index contributed by atoms with van der Waals surface area (Å²) in [5.41, 5.74) is 2.15. The fraction of sp³-hybridized carbons (Fsp3) is 0.273. The van der Waals surface area contributed by atoms with Crippen molar-refractivity contribution in [3.8, 4) is 0 Å². The lowest BCUT2D eigenvalue weighted by atomic mass is 10.2. The van der Waals surface area contributed by atoms with Gasteiger partial charge in [-0.05, 0) is 17.2 Å². The monoisotopic (exact) mass is 272 g/mol. The van der Waals surface area contributed by atoms with Gasteiger partial charge in [-0.15, -0.1) is 0 Å². The zero-order valence-electron chi connectivity index (χ0n) is 7.87. The van der Waals surface area contributed by atoms with Crippen LogP contribution in [0.2, 0.25) is 0 Å². The summed E-state index contributed by atoms with van der Waals surface area (Å²) in [7, 11) is 0. The highest BCUT2D eigenvalue weighted by atomic mass is 79.9. The van der Waals surface area contributed by atoms with E-state index in [-0.39, 0.29) is 0 Å². The molecule has 1 rings (SSSR count). The van der Waals surface area contributed by atoms with Gasteiger partial charge in [0.15, 0.2) is 0 Å². The van der Waals surface area contributed by atoms with E-state index in [0.29, 0.717) is 19.0 Å². The maximum atomic E-state index is 5.47. The average Bonchev–Trinajstić information content (AvgIpc) is 2.20. The zero-order valence-corrected chi connectivity index (χ0v) is 10.4. The lowest BCUT2D eigenvalue weighted by molar-refractivity contribution is 0.142. The van der Waals surface area contributed by atoms with E-state index in [4.69, 9.17) is 4.74 Å². The predicted molar refractivity (Wildman–Crippen MR) is 66.8 cm³/mol. The molecule has 0 spiro atoms. The highest BCUT2D eigenvalue weighted by molar-refractivity contribution is 9.10. The molecular formula is C11H13BrOS. The lowest BCUT2D eigenvalue weighted by Crippen LogP contribution is -1.99. The summed E-state index contributed by atoms with van der Waals surface area (Å²) in [5.74, 6) is 0.677. The molecule has 0 N–H and O–H groups in total. The quantitative estimate of drug-likeness (QED) is 0.638. The molecule has 0 amide bonds. The van der Waals surface area contributed by atoms with Gasteiger partial charge >= 0.3 is 0 Å². The topological polar surface area (TPSA) is 9.23 Å². The number of thiol groups is 1. The normalized spacial score (nSPS) is 10.1. The van der Waals surface area contributed by atoms with Crippen LogP contribution >= 0.6 is 28.6 Å². The van der Waals surface area contributed by atoms with Gasteiger partial charge in [0.05, 0.1) is 13.2 Å². The fourth-order valence-corrected chi connectivity index (χ4v) is 1.46. The van der Waals surface area contributed by atoms with Gasteiger partial charge in [0.25, 0.3) is 0 Å². The van der Waals surface area contributed by atoms with Crippen LogP contribution < -0.4 is 0 Å². The van der Waals surface area contributed by atoms with Crippen LogP contribution in [-0.4, -0.2) is 12.4 Å². The minimum Gasteiger partial charge on any atom is -0.372 e. The van der Waals surface area contributed by atoms with Crippen molar-refractivity contribution >= 4 is 28.6 Å². The van der Waals surface area contributed by atoms with Crippen molar-refractivity contribution in [2.75, 3.05) is 12.4 Å². The predicted octanol–water partition coefficient (Wildman–Crippen LogP) is 3.45. The molecule has 1 aromatic carbocycles. The fourth-order valence-electron chi connectivity index (χ4n) is 0.966. The third-order valence-electron chi connectivity index (χ3n) is 1.75. The summed E-state index contributed by atoms with van der Waals surface area (Å²) in [6.07, 6.45) is 0. The van der Waals surface area contributed by atoms with Crippen LogP contribution in [0.4, 0.5) is 0 Å². The largest absolute Gasteiger partial charge is 0.372 e. The first-order chi connectivity index (χ1) is 6.74. The van der Waals surface area contributed by atoms with E-state index in [1.54, 1.807) is 0 Å². The van der Waals surface area contributed by atoms with Gasteiger partial charge < -0.3 is 4.74 Å². The van der Waals surface area contributed by atoms with Crippen molar-refractivity contribution in [1.82, 2.24) is 0 Å². The van der Waals surface area contributed by atoms with Crippen molar-refractivity contribution in [2.45, 2.75) is 6.61 Å². The molecule has 3 heteroatoms. The Labute approximate surface area is 98.7 Å². The molecule has 0 fully saturated rings. The van der Waals surface area contributed by atoms with Crippen LogP contribution in [0.5, 0.6) is 0 Å². The summed E-state index contributed by atoms with van der Waals surface area (Å²) in [6, 6.07) is 8.02. The molecule has 0 aromatic heterocycles. The molecule has 0 saturated heterocycles. The Morgan fingerprint density at radius 1 is 1.43 bits per heavy atom. The highest BCUT2D eigenvalue weighted by Crippen LogP contribution is 2.16. The summed E-state index contributed by atoms with van der Waals surface area (Å²) in [6.45, 7) is 4.99. The number of hydrogen-bond acceptors (Lipinski definition) is 2. The second-order valence-corrected chi connectivity index (χ2v) is 4.16. The van der Waals surface area contributed by atoms with Crippen LogP contribution in [0.3, 0.4) is 0 Å². The third-order valence-corrected chi connectivity index (χ3v) is 2.97. The number of hydrogen-bond donors (Lipinski definition) is 1. The van der Waals surface area contributed by atoms with Crippen molar-refractivity contribution < 1.29 is 4.74 Å². The van der Waals surface area contributed by atoms with Crippen molar-refractivity contribution in [2.24, 2.45) is 0 Å². The van der Waals surface area contributed by atoms with E-state index < -0.39 is 0 Å². The molecule has 0 aliphatic rings. The molecule has 0 atom stereocenters. The van der Waals surface area contributed by atoms with E-state index in [0.717, 1.165) is 15.6 Å². The van der Waals surface area contributed by atoms with Gasteiger partial charge in [0.1, 0.15) is 0 Å². The van der Waals surface area contributed by atoms with Gasteiger partial charge in [-0.1, -0.05) is 40.7 Å². The van der Waals surface area contributed by atoms with E-state index in [1.165, 1.54) is 0 Å². The Balaban J connectivity index is 2.39. The Morgan fingerprint density at radius 2 is 2.14 bits per heavy atom. The summed E-state index contributed by atoms with van der Waals surface area (Å²) in [4.78, 5) is 0. The minimum atomic E-state index is 0.574. The molecular weight excluding hydrogens is 260 g/mol. The highest BCUT2D eigenvalue weighted by Gasteiger charge is 1.98. The molecule has 1 nitrogen and oxygen atoms in total. The first-order valence-electron chi connectivity index (χ1n) is 4.32. The van der Waals surface area contributed by atoms with Gasteiger partial charge in [-0.2, -0.15) is 12.6 Å². The second kappa shape index (κ2) is 6.27. The van der Waals surface area contributed by atoms with Crippen molar-refractivity contribution in [3.05, 3.63) is 46.5 Å². The third kappa shape index (κ3) is 3.86. The smallest absolute Gasteiger partial charge is 0.0732 e. The molecule has 0 aliphatic heterocycles. The van der Waals surface area contributed by atoms with Gasteiger partial charge in [0.2, 0.25) is 0 Å². The first kappa shape index (κ1) is 11.8. The van der Waals surface area contributed by atoms with Gasteiger partial charge in [-0.25, -0.2) is 0 Å². The summed E-state index contributed by atoms with van der Waals surface area (Å²) >= 11 is 7.57. The molecule has 0 unspecified atom stereocenters. The van der Waals surface area contributed by atoms with E-state index in [9.17, 15) is 0 Å². The molecule has 0 aliphatic carbocycles. The minimum absolute atomic E-state index is 0.574. The maximum Gasteiger partial charge on any atom is 0.0732 e. The van der Waals surface area contributed by atoms with Crippen LogP contribution in [0.25, 0.3) is 0 Å². The molecule has 76 valence electrons. The van der Waals surface area contributed by atoms with Crippen molar-refractivity contribution in [1.29, 1.82) is 0 Å². The SMILES string of the molecule is C=C(CS)COCc1ccccc1Br. The Morgan fingerprint density at radius 3 is 2.79 bits per heavy atom. The van der Waals surface area contributed by atoms with Crippen LogP contribution in [0, 0.1) is 0 Å². The van der Waals surface area contributed by atoms with Crippen LogP contribution in [0.1, 0.15) is 5.56 Å². The van der Waals surface area contributed by atoms with Gasteiger partial charge in [0, 0.05) is 10.2 Å². The van der Waals surface area contributed by atoms with Crippen LogP contribution in [-0.2, 0) is 11.3 Å². The molecule has 0 bridgehead atoms. The average molecular weight is 273 g/mol. The lowest BCUT2D eigenvalue weighted by Gasteiger charge is -2.06. The summed E-state index contributed by atoms with van der Waals surface area (Å²) in [5, 5.41) is 0. The van der Waals surface area contributed by atoms with Gasteiger partial charge in [-0.3, -0.25) is 0 Å². The Hall–Kier alpha value is -0.250. The van der Waals surface area contributed by atoms with E-state index in [2.05, 4.69) is 35.1 Å². The van der Waals surface area contributed by atoms with Crippen LogP contribution in [0.15, 0.2) is 40.9 Å². The van der Waals surface area contributed by atoms with E-state index in [1.807, 2.05) is 24.3 Å². The second-order valence-electron chi connectivity index (χ2n) is 2.99. The van der Waals surface area contributed by atoms with Crippen molar-refractivity contribution in [3.63, 3.8) is 0 Å². The standard InChI is InChI=1S/C11H13BrOS/c1-9(8-14)6-13-7-10-4-2-3-5-11(10)12/h2-5,14H,1,6-8H2. The molecule has 0 heterocycles. The summed E-state index contributed by atoms with van der Waals surface area (Å²) < 4.78 is 6.55. The molecule has 14 heavy (non-hydrogen) atoms. The number of halogens is 1. The number of rotatable bonds is 5.